The van der Waals surface area contributed by atoms with Crippen molar-refractivity contribution in [3.63, 3.8) is 0 Å². The number of aryl methyl sites for hydroxylation is 1. The zero-order chi connectivity index (χ0) is 13.1. The molecule has 0 aliphatic rings. The van der Waals surface area contributed by atoms with Gasteiger partial charge in [-0.25, -0.2) is 4.39 Å². The molecule has 0 radical (unpaired) electrons. The molecule has 3 N–H and O–H groups in total. The highest BCUT2D eigenvalue weighted by molar-refractivity contribution is 6.03. The molecule has 5 nitrogen and oxygen atoms in total. The van der Waals surface area contributed by atoms with Crippen molar-refractivity contribution < 1.29 is 9.18 Å². The van der Waals surface area contributed by atoms with Crippen LogP contribution in [0.1, 0.15) is 16.1 Å². The van der Waals surface area contributed by atoms with Gasteiger partial charge in [-0.05, 0) is 42.8 Å². The maximum Gasteiger partial charge on any atom is 0.276 e. The maximum atomic E-state index is 12.9. The van der Waals surface area contributed by atoms with Crippen LogP contribution in [-0.4, -0.2) is 16.1 Å². The molecule has 1 aromatic carbocycles. The molecule has 1 heterocycles. The minimum Gasteiger partial charge on any atom is -0.382 e. The Balaban J connectivity index is 2.18. The van der Waals surface area contributed by atoms with Gasteiger partial charge in [-0.1, -0.05) is 0 Å². The topological polar surface area (TPSA) is 80.9 Å². The highest BCUT2D eigenvalue weighted by Crippen LogP contribution is 2.16. The van der Waals surface area contributed by atoms with Crippen LogP contribution in [0.2, 0.25) is 0 Å². The molecule has 0 aliphatic heterocycles. The number of rotatable bonds is 2. The fourth-order valence-electron chi connectivity index (χ4n) is 1.42. The second-order valence-electron chi connectivity index (χ2n) is 3.76. The molecule has 18 heavy (non-hydrogen) atoms. The van der Waals surface area contributed by atoms with Gasteiger partial charge in [0.25, 0.3) is 5.91 Å². The summed E-state index contributed by atoms with van der Waals surface area (Å²) < 4.78 is 12.9. The molecule has 0 saturated heterocycles. The van der Waals surface area contributed by atoms with Crippen molar-refractivity contribution in [3.05, 3.63) is 47.4 Å². The van der Waals surface area contributed by atoms with Crippen LogP contribution in [0.3, 0.4) is 0 Å². The van der Waals surface area contributed by atoms with E-state index in [0.717, 1.165) is 0 Å². The van der Waals surface area contributed by atoms with Gasteiger partial charge in [0.05, 0.1) is 0 Å². The SMILES string of the molecule is Cc1cc(F)ccc1NC(=O)c1ccc(N)nn1. The molecule has 92 valence electrons. The van der Waals surface area contributed by atoms with E-state index in [4.69, 9.17) is 5.73 Å². The third-order valence-electron chi connectivity index (χ3n) is 2.35. The van der Waals surface area contributed by atoms with E-state index in [1.54, 1.807) is 6.92 Å². The minimum absolute atomic E-state index is 0.146. The number of anilines is 2. The van der Waals surface area contributed by atoms with Gasteiger partial charge in [-0.2, -0.15) is 0 Å². The number of hydrogen-bond acceptors (Lipinski definition) is 4. The van der Waals surface area contributed by atoms with Crippen LogP contribution < -0.4 is 11.1 Å². The summed E-state index contributed by atoms with van der Waals surface area (Å²) >= 11 is 0. The average molecular weight is 246 g/mol. The first-order chi connectivity index (χ1) is 8.56. The fourth-order valence-corrected chi connectivity index (χ4v) is 1.42. The van der Waals surface area contributed by atoms with E-state index < -0.39 is 5.91 Å². The first-order valence-electron chi connectivity index (χ1n) is 5.23. The maximum absolute atomic E-state index is 12.9. The van der Waals surface area contributed by atoms with Gasteiger partial charge in [-0.15, -0.1) is 10.2 Å². The van der Waals surface area contributed by atoms with E-state index in [1.807, 2.05) is 0 Å². The predicted molar refractivity (Wildman–Crippen MR) is 65.5 cm³/mol. The summed E-state index contributed by atoms with van der Waals surface area (Å²) in [6, 6.07) is 7.06. The number of hydrogen-bond donors (Lipinski definition) is 2. The molecule has 6 heteroatoms. The number of aromatic nitrogens is 2. The second kappa shape index (κ2) is 4.79. The first-order valence-corrected chi connectivity index (χ1v) is 5.23. The number of carbonyl (C=O) groups excluding carboxylic acids is 1. The van der Waals surface area contributed by atoms with E-state index >= 15 is 0 Å². The average Bonchev–Trinajstić information content (AvgIpc) is 2.33. The molecule has 0 fully saturated rings. The predicted octanol–water partition coefficient (Wildman–Crippen LogP) is 1.76. The van der Waals surface area contributed by atoms with Crippen LogP contribution in [0.5, 0.6) is 0 Å². The van der Waals surface area contributed by atoms with Crippen LogP contribution in [0, 0.1) is 12.7 Å². The molecule has 1 aromatic heterocycles. The van der Waals surface area contributed by atoms with Crippen molar-refractivity contribution >= 4 is 17.4 Å². The minimum atomic E-state index is -0.419. The summed E-state index contributed by atoms with van der Waals surface area (Å²) in [6.07, 6.45) is 0. The van der Waals surface area contributed by atoms with Crippen LogP contribution in [0.15, 0.2) is 30.3 Å². The van der Waals surface area contributed by atoms with Crippen LogP contribution in [0.25, 0.3) is 0 Å². The number of nitrogens with two attached hydrogens (primary N) is 1. The summed E-state index contributed by atoms with van der Waals surface area (Å²) in [5, 5.41) is 9.87. The van der Waals surface area contributed by atoms with Crippen LogP contribution >= 0.6 is 0 Å². The van der Waals surface area contributed by atoms with Crippen molar-refractivity contribution in [2.75, 3.05) is 11.1 Å². The Labute approximate surface area is 103 Å². The molecular weight excluding hydrogens is 235 g/mol. The summed E-state index contributed by atoms with van der Waals surface area (Å²) in [7, 11) is 0. The molecule has 2 rings (SSSR count). The normalized spacial score (nSPS) is 10.1. The number of halogens is 1. The number of benzene rings is 1. The van der Waals surface area contributed by atoms with Gasteiger partial charge >= 0.3 is 0 Å². The van der Waals surface area contributed by atoms with E-state index in [2.05, 4.69) is 15.5 Å². The lowest BCUT2D eigenvalue weighted by molar-refractivity contribution is 0.102. The highest BCUT2D eigenvalue weighted by Gasteiger charge is 2.09. The Hall–Kier alpha value is -2.50. The Kier molecular flexibility index (Phi) is 3.18. The molecule has 0 saturated carbocycles. The molecular formula is C12H11FN4O. The van der Waals surface area contributed by atoms with Gasteiger partial charge in [0.1, 0.15) is 11.6 Å². The lowest BCUT2D eigenvalue weighted by Crippen LogP contribution is -2.15. The van der Waals surface area contributed by atoms with Gasteiger partial charge in [0, 0.05) is 5.69 Å². The Morgan fingerprint density at radius 2 is 2.06 bits per heavy atom. The largest absolute Gasteiger partial charge is 0.382 e. The Morgan fingerprint density at radius 3 is 2.67 bits per heavy atom. The molecule has 0 unspecified atom stereocenters. The number of nitrogens with one attached hydrogen (secondary N) is 1. The van der Waals surface area contributed by atoms with Crippen LogP contribution in [-0.2, 0) is 0 Å². The Morgan fingerprint density at radius 1 is 1.28 bits per heavy atom. The van der Waals surface area contributed by atoms with Crippen molar-refractivity contribution in [1.29, 1.82) is 0 Å². The second-order valence-corrected chi connectivity index (χ2v) is 3.76. The van der Waals surface area contributed by atoms with E-state index in [-0.39, 0.29) is 17.3 Å². The number of carbonyl (C=O) groups is 1. The molecule has 0 atom stereocenters. The summed E-state index contributed by atoms with van der Waals surface area (Å²) in [5.41, 5.74) is 6.68. The van der Waals surface area contributed by atoms with E-state index in [1.165, 1.54) is 30.3 Å². The number of amides is 1. The monoisotopic (exact) mass is 246 g/mol. The number of nitrogens with zero attached hydrogens (tertiary/aromatic N) is 2. The van der Waals surface area contributed by atoms with E-state index in [9.17, 15) is 9.18 Å². The smallest absolute Gasteiger partial charge is 0.276 e. The van der Waals surface area contributed by atoms with Crippen molar-refractivity contribution in [3.8, 4) is 0 Å². The summed E-state index contributed by atoms with van der Waals surface area (Å²) in [5.74, 6) is -0.528. The highest BCUT2D eigenvalue weighted by atomic mass is 19.1. The summed E-state index contributed by atoms with van der Waals surface area (Å²) in [6.45, 7) is 1.70. The van der Waals surface area contributed by atoms with Gasteiger partial charge in [0.2, 0.25) is 0 Å². The zero-order valence-corrected chi connectivity index (χ0v) is 9.64. The molecule has 0 bridgehead atoms. The number of nitrogen functional groups attached to an aromatic ring is 1. The molecule has 0 aliphatic carbocycles. The first kappa shape index (κ1) is 12.0. The van der Waals surface area contributed by atoms with E-state index in [0.29, 0.717) is 11.3 Å². The van der Waals surface area contributed by atoms with Gasteiger partial charge < -0.3 is 11.1 Å². The lowest BCUT2D eigenvalue weighted by atomic mass is 10.2. The quantitative estimate of drug-likeness (QED) is 0.846. The zero-order valence-electron chi connectivity index (χ0n) is 9.64. The molecule has 2 aromatic rings. The third-order valence-corrected chi connectivity index (χ3v) is 2.35. The van der Waals surface area contributed by atoms with Crippen LogP contribution in [0.4, 0.5) is 15.9 Å². The summed E-state index contributed by atoms with van der Waals surface area (Å²) in [4.78, 5) is 11.8. The molecule has 0 spiro atoms. The van der Waals surface area contributed by atoms with Crippen molar-refractivity contribution in [2.45, 2.75) is 6.92 Å². The van der Waals surface area contributed by atoms with Crippen molar-refractivity contribution in [1.82, 2.24) is 10.2 Å². The van der Waals surface area contributed by atoms with Gasteiger partial charge in [-0.3, -0.25) is 4.79 Å². The van der Waals surface area contributed by atoms with Gasteiger partial charge in [0.15, 0.2) is 5.69 Å². The molecule has 1 amide bonds. The Bertz CT molecular complexity index is 583. The van der Waals surface area contributed by atoms with Crippen molar-refractivity contribution in [2.24, 2.45) is 0 Å². The fraction of sp³-hybridized carbons (Fsp3) is 0.0833. The lowest BCUT2D eigenvalue weighted by Gasteiger charge is -2.07. The standard InChI is InChI=1S/C12H11FN4O/c1-7-6-8(13)2-3-9(7)15-12(18)10-4-5-11(14)17-16-10/h2-6H,1H3,(H2,14,17)(H,15,18). The third kappa shape index (κ3) is 2.60.